The molecule has 0 unspecified atom stereocenters. The summed E-state index contributed by atoms with van der Waals surface area (Å²) in [7, 11) is -2.09. The minimum absolute atomic E-state index is 0.0124. The molecule has 0 radical (unpaired) electrons. The number of aliphatic hydroxyl groups is 1. The standard InChI is InChI=1S/C24H46F3N3O2Si/c1-23(2,3)33(4,5)32-22(21(20-31)29-30-28)18-16-14-12-10-8-6-7-9-11-13-15-17-19-24(25,26)27/h16,18,21-22,31H,6-15,17,19-20H2,1-5H3/b18-16+/t21-,22+/m0/s1. The van der Waals surface area contributed by atoms with Gasteiger partial charge in [-0.25, -0.2) is 0 Å². The first-order valence-corrected chi connectivity index (χ1v) is 15.3. The smallest absolute Gasteiger partial charge is 0.389 e. The van der Waals surface area contributed by atoms with Crippen molar-refractivity contribution in [1.29, 1.82) is 0 Å². The molecular formula is C24H46F3N3O2Si. The molecule has 9 heteroatoms. The minimum Gasteiger partial charge on any atom is -0.410 e. The number of halogens is 3. The number of azide groups is 1. The largest absolute Gasteiger partial charge is 0.410 e. The summed E-state index contributed by atoms with van der Waals surface area (Å²) in [6, 6.07) is -0.631. The Morgan fingerprint density at radius 1 is 0.939 bits per heavy atom. The van der Waals surface area contributed by atoms with Crippen LogP contribution >= 0.6 is 0 Å². The van der Waals surface area contributed by atoms with Crippen LogP contribution in [0.2, 0.25) is 18.1 Å². The Bertz CT molecular complexity index is 586. The molecule has 0 saturated carbocycles. The van der Waals surface area contributed by atoms with Gasteiger partial charge in [0.1, 0.15) is 0 Å². The summed E-state index contributed by atoms with van der Waals surface area (Å²) in [5.74, 6) is 0. The third kappa shape index (κ3) is 16.3. The molecule has 0 aliphatic rings. The second-order valence-electron chi connectivity index (χ2n) is 10.4. The average Bonchev–Trinajstić information content (AvgIpc) is 2.69. The lowest BCUT2D eigenvalue weighted by Crippen LogP contribution is -2.46. The van der Waals surface area contributed by atoms with Gasteiger partial charge in [-0.2, -0.15) is 13.2 Å². The molecule has 0 heterocycles. The summed E-state index contributed by atoms with van der Waals surface area (Å²) in [6.07, 6.45) is 9.39. The third-order valence-electron chi connectivity index (χ3n) is 6.41. The SMILES string of the molecule is CC(C)(C)[Si](C)(C)O[C@H](/C=C/CCCCCCCCCCCCC(F)(F)F)[C@H](CO)N=[N+]=[N-]. The van der Waals surface area contributed by atoms with Crippen LogP contribution < -0.4 is 0 Å². The summed E-state index contributed by atoms with van der Waals surface area (Å²) in [6.45, 7) is 10.5. The van der Waals surface area contributed by atoms with Gasteiger partial charge in [-0.1, -0.05) is 89.4 Å². The van der Waals surface area contributed by atoms with Crippen molar-refractivity contribution in [2.75, 3.05) is 6.61 Å². The van der Waals surface area contributed by atoms with Gasteiger partial charge in [-0.05, 0) is 42.9 Å². The third-order valence-corrected chi connectivity index (χ3v) is 10.9. The molecule has 0 aliphatic carbocycles. The van der Waals surface area contributed by atoms with Crippen molar-refractivity contribution in [1.82, 2.24) is 0 Å². The van der Waals surface area contributed by atoms with Gasteiger partial charge in [0, 0.05) is 11.3 Å². The van der Waals surface area contributed by atoms with E-state index in [0.29, 0.717) is 6.42 Å². The van der Waals surface area contributed by atoms with Gasteiger partial charge in [0.25, 0.3) is 0 Å². The molecule has 5 nitrogen and oxygen atoms in total. The average molecular weight is 494 g/mol. The summed E-state index contributed by atoms with van der Waals surface area (Å²) >= 11 is 0. The molecule has 0 spiro atoms. The maximum absolute atomic E-state index is 12.1. The molecule has 194 valence electrons. The Kier molecular flexibility index (Phi) is 16.1. The Balaban J connectivity index is 4.15. The summed E-state index contributed by atoms with van der Waals surface area (Å²) < 4.78 is 42.6. The van der Waals surface area contributed by atoms with Gasteiger partial charge in [0.05, 0.1) is 18.8 Å². The second-order valence-corrected chi connectivity index (χ2v) is 15.2. The lowest BCUT2D eigenvalue weighted by molar-refractivity contribution is -0.135. The normalized spacial score (nSPS) is 14.9. The lowest BCUT2D eigenvalue weighted by atomic mass is 10.0. The molecule has 33 heavy (non-hydrogen) atoms. The van der Waals surface area contributed by atoms with Crippen LogP contribution in [0, 0.1) is 0 Å². The molecule has 0 bridgehead atoms. The Hall–Kier alpha value is -1.02. The molecule has 0 saturated heterocycles. The minimum atomic E-state index is -4.01. The van der Waals surface area contributed by atoms with Gasteiger partial charge in [-0.15, -0.1) is 0 Å². The monoisotopic (exact) mass is 493 g/mol. The molecule has 0 amide bonds. The van der Waals surface area contributed by atoms with Crippen molar-refractivity contribution in [2.24, 2.45) is 5.11 Å². The van der Waals surface area contributed by atoms with E-state index in [1.54, 1.807) is 0 Å². The number of unbranched alkanes of at least 4 members (excludes halogenated alkanes) is 10. The number of nitrogens with zero attached hydrogens (tertiary/aromatic N) is 3. The predicted octanol–water partition coefficient (Wildman–Crippen LogP) is 8.85. The number of rotatable bonds is 18. The van der Waals surface area contributed by atoms with E-state index in [1.807, 2.05) is 6.08 Å². The fourth-order valence-electron chi connectivity index (χ4n) is 3.27. The van der Waals surface area contributed by atoms with Crippen molar-refractivity contribution < 1.29 is 22.7 Å². The van der Waals surface area contributed by atoms with Crippen molar-refractivity contribution >= 4 is 8.32 Å². The van der Waals surface area contributed by atoms with E-state index in [-0.39, 0.29) is 18.1 Å². The zero-order valence-electron chi connectivity index (χ0n) is 21.3. The van der Waals surface area contributed by atoms with Crippen LogP contribution in [-0.4, -0.2) is 38.4 Å². The Morgan fingerprint density at radius 2 is 1.42 bits per heavy atom. The molecular weight excluding hydrogens is 447 g/mol. The van der Waals surface area contributed by atoms with E-state index >= 15 is 0 Å². The van der Waals surface area contributed by atoms with Gasteiger partial charge < -0.3 is 9.53 Å². The van der Waals surface area contributed by atoms with Crippen LogP contribution in [0.3, 0.4) is 0 Å². The van der Waals surface area contributed by atoms with Crippen LogP contribution in [0.15, 0.2) is 17.3 Å². The van der Waals surface area contributed by atoms with Crippen LogP contribution in [-0.2, 0) is 4.43 Å². The second kappa shape index (κ2) is 16.6. The molecule has 1 N–H and O–H groups in total. The lowest BCUT2D eigenvalue weighted by Gasteiger charge is -2.39. The maximum atomic E-state index is 12.1. The van der Waals surface area contributed by atoms with Crippen LogP contribution in [0.5, 0.6) is 0 Å². The summed E-state index contributed by atoms with van der Waals surface area (Å²) in [5.41, 5.74) is 8.83. The molecule has 0 aromatic carbocycles. The number of hydrogen-bond donors (Lipinski definition) is 1. The Morgan fingerprint density at radius 3 is 1.85 bits per heavy atom. The van der Waals surface area contributed by atoms with E-state index in [0.717, 1.165) is 57.8 Å². The van der Waals surface area contributed by atoms with E-state index in [4.69, 9.17) is 9.96 Å². The van der Waals surface area contributed by atoms with Crippen molar-refractivity contribution in [3.8, 4) is 0 Å². The molecule has 0 rings (SSSR count). The van der Waals surface area contributed by atoms with E-state index in [1.165, 1.54) is 0 Å². The molecule has 0 aliphatic heterocycles. The quantitative estimate of drug-likeness (QED) is 0.0517. The van der Waals surface area contributed by atoms with Gasteiger partial charge >= 0.3 is 6.18 Å². The van der Waals surface area contributed by atoms with E-state index in [9.17, 15) is 18.3 Å². The molecule has 0 fully saturated rings. The zero-order valence-corrected chi connectivity index (χ0v) is 22.3. The number of allylic oxidation sites excluding steroid dienone is 1. The van der Waals surface area contributed by atoms with E-state index in [2.05, 4.69) is 50.0 Å². The van der Waals surface area contributed by atoms with Crippen molar-refractivity contribution in [2.45, 2.75) is 134 Å². The van der Waals surface area contributed by atoms with Crippen LogP contribution in [0.1, 0.15) is 97.8 Å². The first kappa shape index (κ1) is 32.0. The fourth-order valence-corrected chi connectivity index (χ4v) is 4.54. The van der Waals surface area contributed by atoms with E-state index < -0.39 is 33.1 Å². The highest BCUT2D eigenvalue weighted by Crippen LogP contribution is 2.38. The zero-order chi connectivity index (χ0) is 25.4. The van der Waals surface area contributed by atoms with Gasteiger partial charge in [0.2, 0.25) is 0 Å². The number of hydrogen-bond acceptors (Lipinski definition) is 3. The van der Waals surface area contributed by atoms with Crippen LogP contribution in [0.25, 0.3) is 10.4 Å². The number of alkyl halides is 3. The van der Waals surface area contributed by atoms with Crippen LogP contribution in [0.4, 0.5) is 13.2 Å². The molecule has 0 aromatic rings. The highest BCUT2D eigenvalue weighted by atomic mass is 28.4. The molecule has 0 aromatic heterocycles. The first-order chi connectivity index (χ1) is 15.3. The maximum Gasteiger partial charge on any atom is 0.389 e. The van der Waals surface area contributed by atoms with Gasteiger partial charge in [-0.3, -0.25) is 0 Å². The van der Waals surface area contributed by atoms with Crippen molar-refractivity contribution in [3.63, 3.8) is 0 Å². The first-order valence-electron chi connectivity index (χ1n) is 12.4. The topological polar surface area (TPSA) is 78.2 Å². The Labute approximate surface area is 199 Å². The molecule has 2 atom stereocenters. The predicted molar refractivity (Wildman–Crippen MR) is 133 cm³/mol. The summed E-state index contributed by atoms with van der Waals surface area (Å²) in [5, 5.41) is 13.4. The number of aliphatic hydroxyl groups excluding tert-OH is 1. The van der Waals surface area contributed by atoms with Gasteiger partial charge in [0.15, 0.2) is 8.32 Å². The highest BCUT2D eigenvalue weighted by molar-refractivity contribution is 6.74. The van der Waals surface area contributed by atoms with Crippen molar-refractivity contribution in [3.05, 3.63) is 22.6 Å². The summed E-state index contributed by atoms with van der Waals surface area (Å²) in [4.78, 5) is 2.86. The fraction of sp³-hybridized carbons (Fsp3) is 0.917. The highest BCUT2D eigenvalue weighted by Gasteiger charge is 2.40.